The van der Waals surface area contributed by atoms with Crippen molar-refractivity contribution in [3.63, 3.8) is 0 Å². The SMILES string of the molecule is COC(=O)c1cn(C(=O)[C@@H]2COc3ccccc3O2)c2ccccc12. The van der Waals surface area contributed by atoms with Gasteiger partial charge in [0.1, 0.15) is 6.61 Å². The lowest BCUT2D eigenvalue weighted by Gasteiger charge is -2.25. The minimum absolute atomic E-state index is 0.107. The van der Waals surface area contributed by atoms with Crippen LogP contribution in [0.2, 0.25) is 0 Å². The lowest BCUT2D eigenvalue weighted by Crippen LogP contribution is -2.39. The summed E-state index contributed by atoms with van der Waals surface area (Å²) < 4.78 is 17.6. The van der Waals surface area contributed by atoms with E-state index in [1.165, 1.54) is 17.9 Å². The standard InChI is InChI=1S/C19H15NO5/c1-23-19(22)13-10-20(14-7-3-2-6-12(13)14)18(21)17-11-24-15-8-4-5-9-16(15)25-17/h2-10,17H,11H2,1H3/t17-/m0/s1. The molecule has 3 aromatic rings. The van der Waals surface area contributed by atoms with Gasteiger partial charge in [-0.05, 0) is 18.2 Å². The topological polar surface area (TPSA) is 66.8 Å². The zero-order valence-electron chi connectivity index (χ0n) is 13.5. The third-order valence-corrected chi connectivity index (χ3v) is 4.14. The van der Waals surface area contributed by atoms with Crippen molar-refractivity contribution in [1.82, 2.24) is 4.57 Å². The van der Waals surface area contributed by atoms with Crippen LogP contribution in [-0.4, -0.2) is 36.3 Å². The van der Waals surface area contributed by atoms with Crippen LogP contribution in [0.1, 0.15) is 15.2 Å². The number of fused-ring (bicyclic) bond motifs is 2. The Bertz CT molecular complexity index is 975. The van der Waals surface area contributed by atoms with E-state index >= 15 is 0 Å². The van der Waals surface area contributed by atoms with Crippen molar-refractivity contribution >= 4 is 22.8 Å². The van der Waals surface area contributed by atoms with E-state index in [0.717, 1.165) is 0 Å². The molecule has 4 rings (SSSR count). The molecule has 6 heteroatoms. The predicted molar refractivity (Wildman–Crippen MR) is 90.3 cm³/mol. The molecule has 126 valence electrons. The van der Waals surface area contributed by atoms with E-state index in [1.54, 1.807) is 36.4 Å². The Morgan fingerprint density at radius 3 is 2.60 bits per heavy atom. The Balaban J connectivity index is 1.73. The van der Waals surface area contributed by atoms with Gasteiger partial charge in [-0.25, -0.2) is 4.79 Å². The van der Waals surface area contributed by atoms with Crippen molar-refractivity contribution in [2.45, 2.75) is 6.10 Å². The molecule has 25 heavy (non-hydrogen) atoms. The maximum absolute atomic E-state index is 13.0. The second kappa shape index (κ2) is 5.98. The van der Waals surface area contributed by atoms with Crippen molar-refractivity contribution < 1.29 is 23.8 Å². The number of carbonyl (C=O) groups excluding carboxylic acids is 2. The van der Waals surface area contributed by atoms with Crippen molar-refractivity contribution in [3.8, 4) is 11.5 Å². The molecule has 6 nitrogen and oxygen atoms in total. The second-order valence-corrected chi connectivity index (χ2v) is 5.62. The summed E-state index contributed by atoms with van der Waals surface area (Å²) in [5.41, 5.74) is 0.957. The largest absolute Gasteiger partial charge is 0.485 e. The normalized spacial score (nSPS) is 15.8. The van der Waals surface area contributed by atoms with Crippen molar-refractivity contribution in [2.24, 2.45) is 0 Å². The number of aromatic nitrogens is 1. The molecule has 0 bridgehead atoms. The van der Waals surface area contributed by atoms with Gasteiger partial charge in [0.25, 0.3) is 5.91 Å². The molecule has 0 unspecified atom stereocenters. The van der Waals surface area contributed by atoms with E-state index in [4.69, 9.17) is 14.2 Å². The second-order valence-electron chi connectivity index (χ2n) is 5.62. The summed E-state index contributed by atoms with van der Waals surface area (Å²) in [6.45, 7) is 0.107. The molecule has 0 spiro atoms. The van der Waals surface area contributed by atoms with Crippen molar-refractivity contribution in [1.29, 1.82) is 0 Å². The summed E-state index contributed by atoms with van der Waals surface area (Å²) >= 11 is 0. The molecule has 1 aliphatic heterocycles. The third kappa shape index (κ3) is 2.52. The molecule has 0 amide bonds. The van der Waals surface area contributed by atoms with Crippen LogP contribution in [0.25, 0.3) is 10.9 Å². The molecule has 0 N–H and O–H groups in total. The fraction of sp³-hybridized carbons (Fsp3) is 0.158. The van der Waals surface area contributed by atoms with Gasteiger partial charge in [-0.2, -0.15) is 0 Å². The maximum atomic E-state index is 13.0. The highest BCUT2D eigenvalue weighted by Crippen LogP contribution is 2.32. The Kier molecular flexibility index (Phi) is 3.65. The van der Waals surface area contributed by atoms with E-state index in [-0.39, 0.29) is 12.5 Å². The number of hydrogen-bond donors (Lipinski definition) is 0. The van der Waals surface area contributed by atoms with E-state index < -0.39 is 12.1 Å². The number of benzene rings is 2. The van der Waals surface area contributed by atoms with Crippen LogP contribution in [0.3, 0.4) is 0 Å². The molecule has 1 atom stereocenters. The average molecular weight is 337 g/mol. The first-order chi connectivity index (χ1) is 12.2. The fourth-order valence-electron chi connectivity index (χ4n) is 2.93. The van der Waals surface area contributed by atoms with Crippen LogP contribution in [0.15, 0.2) is 54.7 Å². The van der Waals surface area contributed by atoms with Gasteiger partial charge in [0.15, 0.2) is 11.5 Å². The smallest absolute Gasteiger partial charge is 0.340 e. The molecule has 0 fully saturated rings. The van der Waals surface area contributed by atoms with Crippen molar-refractivity contribution in [2.75, 3.05) is 13.7 Å². The van der Waals surface area contributed by atoms with Gasteiger partial charge in [0.2, 0.25) is 6.10 Å². The molecule has 2 aromatic carbocycles. The minimum Gasteiger partial charge on any atom is -0.485 e. The van der Waals surface area contributed by atoms with Crippen LogP contribution in [0.4, 0.5) is 0 Å². The number of ether oxygens (including phenoxy) is 3. The molecular formula is C19H15NO5. The van der Waals surface area contributed by atoms with Gasteiger partial charge in [0, 0.05) is 11.6 Å². The monoisotopic (exact) mass is 337 g/mol. The number of rotatable bonds is 2. The number of carbonyl (C=O) groups is 2. The van der Waals surface area contributed by atoms with Crippen LogP contribution >= 0.6 is 0 Å². The quantitative estimate of drug-likeness (QED) is 0.673. The van der Waals surface area contributed by atoms with Gasteiger partial charge in [-0.1, -0.05) is 30.3 Å². The van der Waals surface area contributed by atoms with Gasteiger partial charge in [-0.15, -0.1) is 0 Å². The molecule has 0 aliphatic carbocycles. The summed E-state index contributed by atoms with van der Waals surface area (Å²) in [5, 5.41) is 0.653. The lowest BCUT2D eigenvalue weighted by atomic mass is 10.2. The van der Waals surface area contributed by atoms with E-state index in [0.29, 0.717) is 28.0 Å². The summed E-state index contributed by atoms with van der Waals surface area (Å²) in [6, 6.07) is 14.4. The Labute approximate surface area is 143 Å². The number of hydrogen-bond acceptors (Lipinski definition) is 5. The first-order valence-electron chi connectivity index (χ1n) is 7.80. The molecule has 1 aliphatic rings. The molecule has 0 saturated carbocycles. The van der Waals surface area contributed by atoms with E-state index in [2.05, 4.69) is 0 Å². The molecule has 2 heterocycles. The Morgan fingerprint density at radius 2 is 1.80 bits per heavy atom. The number of esters is 1. The molecule has 1 aromatic heterocycles. The Morgan fingerprint density at radius 1 is 1.08 bits per heavy atom. The zero-order valence-corrected chi connectivity index (χ0v) is 13.5. The number of nitrogens with zero attached hydrogens (tertiary/aromatic N) is 1. The predicted octanol–water partition coefficient (Wildman–Crippen LogP) is 2.91. The zero-order chi connectivity index (χ0) is 17.4. The Hall–Kier alpha value is -3.28. The van der Waals surface area contributed by atoms with E-state index in [9.17, 15) is 9.59 Å². The molecule has 0 saturated heterocycles. The van der Waals surface area contributed by atoms with Crippen LogP contribution in [-0.2, 0) is 4.74 Å². The van der Waals surface area contributed by atoms with Crippen molar-refractivity contribution in [3.05, 3.63) is 60.3 Å². The van der Waals surface area contributed by atoms with E-state index in [1.807, 2.05) is 12.1 Å². The summed E-state index contributed by atoms with van der Waals surface area (Å²) in [6.07, 6.45) is 0.694. The summed E-state index contributed by atoms with van der Waals surface area (Å²) in [5.74, 6) is 0.339. The maximum Gasteiger partial charge on any atom is 0.340 e. The highest BCUT2D eigenvalue weighted by atomic mass is 16.6. The molecule has 0 radical (unpaired) electrons. The molecular weight excluding hydrogens is 322 g/mol. The first kappa shape index (κ1) is 15.3. The van der Waals surface area contributed by atoms with Gasteiger partial charge < -0.3 is 14.2 Å². The highest BCUT2D eigenvalue weighted by Gasteiger charge is 2.30. The summed E-state index contributed by atoms with van der Waals surface area (Å²) in [7, 11) is 1.31. The minimum atomic E-state index is -0.795. The highest BCUT2D eigenvalue weighted by molar-refractivity contribution is 6.07. The van der Waals surface area contributed by atoms with Gasteiger partial charge >= 0.3 is 5.97 Å². The van der Waals surface area contributed by atoms with Crippen LogP contribution in [0.5, 0.6) is 11.5 Å². The first-order valence-corrected chi connectivity index (χ1v) is 7.80. The van der Waals surface area contributed by atoms with Gasteiger partial charge in [0.05, 0.1) is 18.2 Å². The van der Waals surface area contributed by atoms with Crippen LogP contribution < -0.4 is 9.47 Å². The lowest BCUT2D eigenvalue weighted by molar-refractivity contribution is 0.0506. The average Bonchev–Trinajstić information content (AvgIpc) is 3.06. The van der Waals surface area contributed by atoms with Gasteiger partial charge in [-0.3, -0.25) is 9.36 Å². The summed E-state index contributed by atoms with van der Waals surface area (Å²) in [4.78, 5) is 25.0. The number of methoxy groups -OCH3 is 1. The number of para-hydroxylation sites is 3. The van der Waals surface area contributed by atoms with Crippen LogP contribution in [0, 0.1) is 0 Å². The third-order valence-electron chi connectivity index (χ3n) is 4.14. The fourth-order valence-corrected chi connectivity index (χ4v) is 2.93.